The lowest BCUT2D eigenvalue weighted by molar-refractivity contribution is -0.114. The maximum absolute atomic E-state index is 12.4. The van der Waals surface area contributed by atoms with Crippen molar-refractivity contribution in [3.63, 3.8) is 0 Å². The molecule has 2 aromatic carbocycles. The lowest BCUT2D eigenvalue weighted by atomic mass is 10.1. The number of hydrogen-bond acceptors (Lipinski definition) is 5. The van der Waals surface area contributed by atoms with E-state index in [0.29, 0.717) is 11.3 Å². The number of nitrogens with zero attached hydrogens (tertiary/aromatic N) is 3. The first kappa shape index (κ1) is 21.9. The Morgan fingerprint density at radius 3 is 2.10 bits per heavy atom. The van der Waals surface area contributed by atoms with E-state index in [1.54, 1.807) is 38.4 Å². The van der Waals surface area contributed by atoms with Crippen molar-refractivity contribution in [3.05, 3.63) is 59.7 Å². The molecule has 0 saturated carbocycles. The summed E-state index contributed by atoms with van der Waals surface area (Å²) in [7, 11) is -0.485. The maximum Gasteiger partial charge on any atom is 0.253 e. The molecule has 29 heavy (non-hydrogen) atoms. The van der Waals surface area contributed by atoms with E-state index in [1.807, 2.05) is 6.07 Å². The van der Waals surface area contributed by atoms with E-state index in [1.165, 1.54) is 29.2 Å². The van der Waals surface area contributed by atoms with Crippen LogP contribution in [0.4, 0.5) is 11.4 Å². The molecule has 0 heterocycles. The molecule has 0 spiro atoms. The summed E-state index contributed by atoms with van der Waals surface area (Å²) < 4.78 is 25.4. The minimum absolute atomic E-state index is 0.208. The van der Waals surface area contributed by atoms with Gasteiger partial charge in [0.1, 0.15) is 6.54 Å². The van der Waals surface area contributed by atoms with Crippen LogP contribution in [-0.4, -0.2) is 52.0 Å². The second-order valence-electron chi connectivity index (χ2n) is 6.60. The maximum atomic E-state index is 12.4. The fourth-order valence-corrected chi connectivity index (χ4v) is 3.41. The number of anilines is 2. The molecular weight excluding hydrogens is 392 g/mol. The van der Waals surface area contributed by atoms with E-state index in [2.05, 4.69) is 5.32 Å². The van der Waals surface area contributed by atoms with Gasteiger partial charge in [-0.05, 0) is 42.0 Å². The van der Waals surface area contributed by atoms with Gasteiger partial charge < -0.3 is 10.2 Å². The van der Waals surface area contributed by atoms with Crippen molar-refractivity contribution in [3.8, 4) is 6.07 Å². The Kier molecular flexibility index (Phi) is 6.96. The highest BCUT2D eigenvalue weighted by Gasteiger charge is 2.21. The molecule has 8 nitrogen and oxygen atoms in total. The molecule has 0 radical (unpaired) electrons. The molecule has 0 aliphatic carbocycles. The largest absolute Gasteiger partial charge is 0.345 e. The van der Waals surface area contributed by atoms with Gasteiger partial charge in [0.25, 0.3) is 5.91 Å². The number of carbonyl (C=O) groups excluding carboxylic acids is 2. The first-order valence-corrected chi connectivity index (χ1v) is 10.5. The van der Waals surface area contributed by atoms with Crippen molar-refractivity contribution in [2.24, 2.45) is 0 Å². The van der Waals surface area contributed by atoms with Crippen LogP contribution in [0.2, 0.25) is 0 Å². The Hall–Kier alpha value is -3.38. The third-order valence-corrected chi connectivity index (χ3v) is 5.16. The molecule has 2 aromatic rings. The second kappa shape index (κ2) is 9.21. The average molecular weight is 414 g/mol. The Balaban J connectivity index is 2.16. The summed E-state index contributed by atoms with van der Waals surface area (Å²) in [4.78, 5) is 25.8. The van der Waals surface area contributed by atoms with Crippen LogP contribution in [0.15, 0.2) is 48.5 Å². The molecule has 0 aliphatic heterocycles. The fourth-order valence-electron chi connectivity index (χ4n) is 2.56. The minimum Gasteiger partial charge on any atom is -0.345 e. The van der Waals surface area contributed by atoms with Crippen LogP contribution in [0.25, 0.3) is 0 Å². The number of sulfonamides is 1. The zero-order chi connectivity index (χ0) is 21.6. The SMILES string of the molecule is CN(C)C(=O)c1ccc(N(CC(=O)Nc2ccc(CC#N)cc2)S(C)(=O)=O)cc1. The summed E-state index contributed by atoms with van der Waals surface area (Å²) >= 11 is 0. The monoisotopic (exact) mass is 414 g/mol. The average Bonchev–Trinajstić information content (AvgIpc) is 2.66. The molecule has 0 fully saturated rings. The van der Waals surface area contributed by atoms with Gasteiger partial charge in [0, 0.05) is 25.3 Å². The van der Waals surface area contributed by atoms with E-state index in [4.69, 9.17) is 5.26 Å². The number of benzene rings is 2. The Morgan fingerprint density at radius 1 is 1.03 bits per heavy atom. The third kappa shape index (κ3) is 6.05. The van der Waals surface area contributed by atoms with E-state index < -0.39 is 22.5 Å². The van der Waals surface area contributed by atoms with E-state index in [9.17, 15) is 18.0 Å². The molecular formula is C20H22N4O4S. The number of rotatable bonds is 7. The lowest BCUT2D eigenvalue weighted by Crippen LogP contribution is -2.37. The van der Waals surface area contributed by atoms with Gasteiger partial charge in [0.2, 0.25) is 15.9 Å². The van der Waals surface area contributed by atoms with Crippen molar-refractivity contribution in [1.29, 1.82) is 5.26 Å². The fraction of sp³-hybridized carbons (Fsp3) is 0.250. The van der Waals surface area contributed by atoms with Crippen molar-refractivity contribution >= 4 is 33.2 Å². The van der Waals surface area contributed by atoms with Gasteiger partial charge in [-0.25, -0.2) is 8.42 Å². The van der Waals surface area contributed by atoms with E-state index in [0.717, 1.165) is 16.1 Å². The number of amides is 2. The van der Waals surface area contributed by atoms with Crippen LogP contribution >= 0.6 is 0 Å². The van der Waals surface area contributed by atoms with Crippen molar-refractivity contribution in [2.75, 3.05) is 36.5 Å². The summed E-state index contributed by atoms with van der Waals surface area (Å²) in [5, 5.41) is 11.3. The smallest absolute Gasteiger partial charge is 0.253 e. The first-order valence-electron chi connectivity index (χ1n) is 8.67. The highest BCUT2D eigenvalue weighted by Crippen LogP contribution is 2.19. The number of nitrogens with one attached hydrogen (secondary N) is 1. The van der Waals surface area contributed by atoms with Gasteiger partial charge in [-0.15, -0.1) is 0 Å². The number of nitriles is 1. The molecule has 9 heteroatoms. The lowest BCUT2D eigenvalue weighted by Gasteiger charge is -2.22. The minimum atomic E-state index is -3.73. The Bertz CT molecular complexity index is 1020. The van der Waals surface area contributed by atoms with Crippen molar-refractivity contribution in [1.82, 2.24) is 4.90 Å². The van der Waals surface area contributed by atoms with Gasteiger partial charge in [-0.3, -0.25) is 13.9 Å². The van der Waals surface area contributed by atoms with Crippen molar-refractivity contribution in [2.45, 2.75) is 6.42 Å². The van der Waals surface area contributed by atoms with Gasteiger partial charge in [0.15, 0.2) is 0 Å². The van der Waals surface area contributed by atoms with Crippen LogP contribution in [0.5, 0.6) is 0 Å². The van der Waals surface area contributed by atoms with Crippen LogP contribution in [0.1, 0.15) is 15.9 Å². The van der Waals surface area contributed by atoms with Crippen LogP contribution in [0.3, 0.4) is 0 Å². The molecule has 1 N–H and O–H groups in total. The van der Waals surface area contributed by atoms with Gasteiger partial charge in [-0.2, -0.15) is 5.26 Å². The Morgan fingerprint density at radius 2 is 1.62 bits per heavy atom. The summed E-state index contributed by atoms with van der Waals surface area (Å²) in [5.41, 5.74) is 2.00. The zero-order valence-electron chi connectivity index (χ0n) is 16.4. The van der Waals surface area contributed by atoms with E-state index >= 15 is 0 Å². The molecule has 2 amide bonds. The molecule has 0 bridgehead atoms. The van der Waals surface area contributed by atoms with Crippen LogP contribution in [-0.2, 0) is 21.2 Å². The molecule has 2 rings (SSSR count). The standard InChI is InChI=1S/C20H22N4O4S/c1-23(2)20(26)16-6-10-18(11-7-16)24(29(3,27)28)14-19(25)22-17-8-4-15(5-9-17)12-13-21/h4-11H,12,14H2,1-3H3,(H,22,25). The van der Waals surface area contributed by atoms with Gasteiger partial charge in [-0.1, -0.05) is 12.1 Å². The molecule has 0 aromatic heterocycles. The highest BCUT2D eigenvalue weighted by molar-refractivity contribution is 7.92. The van der Waals surface area contributed by atoms with Gasteiger partial charge >= 0.3 is 0 Å². The van der Waals surface area contributed by atoms with Crippen LogP contribution in [0, 0.1) is 11.3 Å². The second-order valence-corrected chi connectivity index (χ2v) is 8.50. The van der Waals surface area contributed by atoms with Crippen molar-refractivity contribution < 1.29 is 18.0 Å². The quantitative estimate of drug-likeness (QED) is 0.743. The first-order chi connectivity index (χ1) is 13.6. The normalized spacial score (nSPS) is 10.7. The predicted octanol–water partition coefficient (Wildman–Crippen LogP) is 1.86. The van der Waals surface area contributed by atoms with Crippen LogP contribution < -0.4 is 9.62 Å². The molecule has 0 atom stereocenters. The number of hydrogen-bond donors (Lipinski definition) is 1. The zero-order valence-corrected chi connectivity index (χ0v) is 17.2. The van der Waals surface area contributed by atoms with Gasteiger partial charge in [0.05, 0.1) is 24.4 Å². The highest BCUT2D eigenvalue weighted by atomic mass is 32.2. The molecule has 0 aliphatic rings. The molecule has 152 valence electrons. The van der Waals surface area contributed by atoms with E-state index in [-0.39, 0.29) is 18.0 Å². The summed E-state index contributed by atoms with van der Waals surface area (Å²) in [6.45, 7) is -0.417. The molecule has 0 saturated heterocycles. The topological polar surface area (TPSA) is 111 Å². The number of carbonyl (C=O) groups is 2. The summed E-state index contributed by atoms with van der Waals surface area (Å²) in [6.07, 6.45) is 1.28. The third-order valence-electron chi connectivity index (χ3n) is 4.02. The predicted molar refractivity (Wildman–Crippen MR) is 111 cm³/mol. The summed E-state index contributed by atoms with van der Waals surface area (Å²) in [6, 6.07) is 14.8. The molecule has 0 unspecified atom stereocenters. The Labute approximate surface area is 170 Å². The summed E-state index contributed by atoms with van der Waals surface area (Å²) in [5.74, 6) is -0.725.